The highest BCUT2D eigenvalue weighted by Gasteiger charge is 2.53. The zero-order chi connectivity index (χ0) is 22.8. The first kappa shape index (κ1) is 21.5. The molecule has 4 heterocycles. The summed E-state index contributed by atoms with van der Waals surface area (Å²) in [5.41, 5.74) is 1.90. The van der Waals surface area contributed by atoms with E-state index in [0.717, 1.165) is 5.56 Å². The van der Waals surface area contributed by atoms with Gasteiger partial charge in [0, 0.05) is 6.54 Å². The van der Waals surface area contributed by atoms with Crippen molar-refractivity contribution in [1.29, 1.82) is 0 Å². The van der Waals surface area contributed by atoms with Crippen LogP contribution in [0.3, 0.4) is 0 Å². The van der Waals surface area contributed by atoms with Gasteiger partial charge in [0.25, 0.3) is 0 Å². The van der Waals surface area contributed by atoms with Crippen LogP contribution in [-0.4, -0.2) is 68.4 Å². The molecule has 2 amide bonds. The van der Waals surface area contributed by atoms with Crippen molar-refractivity contribution >= 4 is 29.1 Å². The van der Waals surface area contributed by atoms with Crippen molar-refractivity contribution in [1.82, 2.24) is 24.8 Å². The van der Waals surface area contributed by atoms with Crippen molar-refractivity contribution in [2.24, 2.45) is 0 Å². The molecule has 172 valence electrons. The Labute approximate surface area is 189 Å². The van der Waals surface area contributed by atoms with Gasteiger partial charge >= 0.3 is 6.03 Å². The minimum absolute atomic E-state index is 0.220. The summed E-state index contributed by atoms with van der Waals surface area (Å²) in [5, 5.41) is 15.2. The maximum absolute atomic E-state index is 11.9. The quantitative estimate of drug-likeness (QED) is 0.515. The summed E-state index contributed by atoms with van der Waals surface area (Å²) in [7, 11) is 0. The fourth-order valence-electron chi connectivity index (χ4n) is 4.02. The van der Waals surface area contributed by atoms with E-state index in [-0.39, 0.29) is 18.5 Å². The summed E-state index contributed by atoms with van der Waals surface area (Å²) in [4.78, 5) is 24.8. The molecule has 0 bridgehead atoms. The standard InChI is InChI=1S/C22H24N6O5/c1-2-23-22(30)27-19-16-20(25-11-24-19)28(12-26-16)21-18-17(14(10-29)31-21)32-15(33-18)9-8-13-6-4-3-5-7-13/h3-9,11-12,14-15,17-18,21,29H,2,10H2,1H3,(H2,23,24,25,27,30)/b9-8+/t14-,15+,17?,18+,21-/m1/s1. The van der Waals surface area contributed by atoms with Gasteiger partial charge in [0.2, 0.25) is 0 Å². The number of anilines is 1. The van der Waals surface area contributed by atoms with Crippen molar-refractivity contribution in [3.05, 3.63) is 54.6 Å². The molecule has 11 nitrogen and oxygen atoms in total. The van der Waals surface area contributed by atoms with Crippen LogP contribution in [0.15, 0.2) is 49.1 Å². The first-order chi connectivity index (χ1) is 16.2. The lowest BCUT2D eigenvalue weighted by Gasteiger charge is -2.19. The number of rotatable bonds is 6. The smallest absolute Gasteiger partial charge is 0.320 e. The van der Waals surface area contributed by atoms with Crippen LogP contribution in [0.2, 0.25) is 0 Å². The van der Waals surface area contributed by atoms with E-state index in [0.29, 0.717) is 17.7 Å². The van der Waals surface area contributed by atoms with E-state index in [1.54, 1.807) is 10.9 Å². The molecule has 11 heteroatoms. The molecule has 2 saturated heterocycles. The van der Waals surface area contributed by atoms with Crippen LogP contribution in [0, 0.1) is 0 Å². The highest BCUT2D eigenvalue weighted by atomic mass is 16.8. The Morgan fingerprint density at radius 3 is 2.76 bits per heavy atom. The molecule has 1 unspecified atom stereocenters. The van der Waals surface area contributed by atoms with Gasteiger partial charge in [-0.2, -0.15) is 0 Å². The first-order valence-electron chi connectivity index (χ1n) is 10.7. The van der Waals surface area contributed by atoms with Crippen LogP contribution in [0.1, 0.15) is 18.7 Å². The highest BCUT2D eigenvalue weighted by Crippen LogP contribution is 2.40. The number of nitrogens with one attached hydrogen (secondary N) is 2. The SMILES string of the molecule is CCNC(=O)Nc1ncnc2c1ncn2[C@@H]1O[C@H](CO)C2O[C@H](/C=C/c3ccccc3)O[C@@H]21. The van der Waals surface area contributed by atoms with Crippen LogP contribution >= 0.6 is 0 Å². The fourth-order valence-corrected chi connectivity index (χ4v) is 4.02. The molecule has 2 fully saturated rings. The zero-order valence-electron chi connectivity index (χ0n) is 17.9. The van der Waals surface area contributed by atoms with E-state index in [1.165, 1.54) is 6.33 Å². The minimum Gasteiger partial charge on any atom is -0.394 e. The third-order valence-corrected chi connectivity index (χ3v) is 5.50. The molecule has 5 atom stereocenters. The number of amides is 2. The van der Waals surface area contributed by atoms with E-state index in [4.69, 9.17) is 14.2 Å². The molecule has 2 aromatic heterocycles. The van der Waals surface area contributed by atoms with Gasteiger partial charge in [-0.05, 0) is 18.6 Å². The third kappa shape index (κ3) is 4.18. The van der Waals surface area contributed by atoms with Crippen molar-refractivity contribution in [3.63, 3.8) is 0 Å². The number of hydrogen-bond donors (Lipinski definition) is 3. The van der Waals surface area contributed by atoms with Crippen LogP contribution in [0.4, 0.5) is 10.6 Å². The van der Waals surface area contributed by atoms with Gasteiger partial charge < -0.3 is 24.6 Å². The number of benzene rings is 1. The molecule has 3 N–H and O–H groups in total. The second kappa shape index (κ2) is 9.24. The van der Waals surface area contributed by atoms with Crippen LogP contribution in [-0.2, 0) is 14.2 Å². The number of carbonyl (C=O) groups is 1. The summed E-state index contributed by atoms with van der Waals surface area (Å²) < 4.78 is 19.9. The molecular formula is C22H24N6O5. The number of aliphatic hydroxyl groups excluding tert-OH is 1. The summed E-state index contributed by atoms with van der Waals surface area (Å²) in [5.74, 6) is 0.283. The predicted octanol–water partition coefficient (Wildman–Crippen LogP) is 1.68. The minimum atomic E-state index is -0.625. The molecule has 0 saturated carbocycles. The molecule has 0 spiro atoms. The average Bonchev–Trinajstić information content (AvgIpc) is 3.52. The van der Waals surface area contributed by atoms with Crippen molar-refractivity contribution in [3.8, 4) is 0 Å². The molecule has 33 heavy (non-hydrogen) atoms. The Morgan fingerprint density at radius 2 is 1.97 bits per heavy atom. The predicted molar refractivity (Wildman–Crippen MR) is 118 cm³/mol. The number of imidazole rings is 1. The molecule has 2 aliphatic heterocycles. The number of hydrogen-bond acceptors (Lipinski definition) is 8. The van der Waals surface area contributed by atoms with Gasteiger partial charge in [0.1, 0.15) is 24.6 Å². The number of aliphatic hydroxyl groups is 1. The Bertz CT molecular complexity index is 1150. The molecular weight excluding hydrogens is 428 g/mol. The van der Waals surface area contributed by atoms with E-state index in [2.05, 4.69) is 25.6 Å². The van der Waals surface area contributed by atoms with Gasteiger partial charge in [-0.3, -0.25) is 9.88 Å². The van der Waals surface area contributed by atoms with E-state index >= 15 is 0 Å². The number of carbonyl (C=O) groups excluding carboxylic acids is 1. The maximum atomic E-state index is 11.9. The first-order valence-corrected chi connectivity index (χ1v) is 10.7. The van der Waals surface area contributed by atoms with Crippen molar-refractivity contribution < 1.29 is 24.1 Å². The molecule has 0 aliphatic carbocycles. The van der Waals surface area contributed by atoms with Crippen LogP contribution < -0.4 is 10.6 Å². The number of nitrogens with zero attached hydrogens (tertiary/aromatic N) is 4. The summed E-state index contributed by atoms with van der Waals surface area (Å²) in [6.45, 7) is 2.08. The normalized spacial score (nSPS) is 26.7. The molecule has 5 rings (SSSR count). The lowest BCUT2D eigenvalue weighted by molar-refractivity contribution is -0.133. The third-order valence-electron chi connectivity index (χ3n) is 5.50. The fraction of sp³-hybridized carbons (Fsp3) is 0.364. The van der Waals surface area contributed by atoms with E-state index < -0.39 is 30.8 Å². The number of urea groups is 1. The second-order valence-electron chi connectivity index (χ2n) is 7.62. The second-order valence-corrected chi connectivity index (χ2v) is 7.62. The Morgan fingerprint density at radius 1 is 1.15 bits per heavy atom. The maximum Gasteiger partial charge on any atom is 0.320 e. The largest absolute Gasteiger partial charge is 0.394 e. The monoisotopic (exact) mass is 452 g/mol. The molecule has 2 aliphatic rings. The number of fused-ring (bicyclic) bond motifs is 2. The lowest BCUT2D eigenvalue weighted by Crippen LogP contribution is -2.30. The van der Waals surface area contributed by atoms with Gasteiger partial charge in [-0.1, -0.05) is 36.4 Å². The van der Waals surface area contributed by atoms with E-state index in [1.807, 2.05) is 49.4 Å². The summed E-state index contributed by atoms with van der Waals surface area (Å²) in [6.07, 6.45) is 3.94. The topological polar surface area (TPSA) is 133 Å². The van der Waals surface area contributed by atoms with Gasteiger partial charge in [0.05, 0.1) is 12.9 Å². The number of aromatic nitrogens is 4. The highest BCUT2D eigenvalue weighted by molar-refractivity contribution is 5.95. The average molecular weight is 452 g/mol. The Kier molecular flexibility index (Phi) is 6.01. The zero-order valence-corrected chi connectivity index (χ0v) is 17.9. The van der Waals surface area contributed by atoms with Gasteiger partial charge in [0.15, 0.2) is 29.5 Å². The summed E-state index contributed by atoms with van der Waals surface area (Å²) >= 11 is 0. The Hall–Kier alpha value is -3.38. The molecule has 1 aromatic carbocycles. The van der Waals surface area contributed by atoms with E-state index in [9.17, 15) is 9.90 Å². The van der Waals surface area contributed by atoms with Crippen molar-refractivity contribution in [2.45, 2.75) is 37.8 Å². The molecule has 3 aromatic rings. The van der Waals surface area contributed by atoms with Gasteiger partial charge in [-0.25, -0.2) is 19.7 Å². The van der Waals surface area contributed by atoms with Crippen molar-refractivity contribution in [2.75, 3.05) is 18.5 Å². The lowest BCUT2D eigenvalue weighted by atomic mass is 10.1. The van der Waals surface area contributed by atoms with Crippen LogP contribution in [0.5, 0.6) is 0 Å². The summed E-state index contributed by atoms with van der Waals surface area (Å²) in [6, 6.07) is 9.45. The number of ether oxygens (including phenoxy) is 3. The van der Waals surface area contributed by atoms with Crippen LogP contribution in [0.25, 0.3) is 17.2 Å². The van der Waals surface area contributed by atoms with Gasteiger partial charge in [-0.15, -0.1) is 0 Å². The Balaban J connectivity index is 1.39. The molecule has 0 radical (unpaired) electrons.